The van der Waals surface area contributed by atoms with Crippen molar-refractivity contribution in [2.75, 3.05) is 45.8 Å². The second kappa shape index (κ2) is 7.19. The Morgan fingerprint density at radius 3 is 2.68 bits per heavy atom. The van der Waals surface area contributed by atoms with Crippen molar-refractivity contribution in [2.24, 2.45) is 0 Å². The van der Waals surface area contributed by atoms with Gasteiger partial charge in [0.25, 0.3) is 0 Å². The van der Waals surface area contributed by atoms with Gasteiger partial charge in [0, 0.05) is 45.1 Å². The van der Waals surface area contributed by atoms with Crippen molar-refractivity contribution in [3.8, 4) is 0 Å². The number of nitrogens with zero attached hydrogens (tertiary/aromatic N) is 4. The Morgan fingerprint density at radius 1 is 1.27 bits per heavy atom. The molecule has 7 nitrogen and oxygen atoms in total. The van der Waals surface area contributed by atoms with E-state index >= 15 is 0 Å². The van der Waals surface area contributed by atoms with Crippen LogP contribution in [0.1, 0.15) is 37.4 Å². The van der Waals surface area contributed by atoms with Crippen LogP contribution in [-0.4, -0.2) is 71.7 Å². The predicted molar refractivity (Wildman–Crippen MR) is 81.5 cm³/mol. The topological polar surface area (TPSA) is 74.5 Å². The molecule has 1 aliphatic carbocycles. The Bertz CT molecular complexity index is 492. The molecule has 1 aliphatic heterocycles. The molecule has 0 radical (unpaired) electrons. The lowest BCUT2D eigenvalue weighted by Gasteiger charge is -2.33. The van der Waals surface area contributed by atoms with Crippen LogP contribution >= 0.6 is 0 Å². The third-order valence-electron chi connectivity index (χ3n) is 4.36. The van der Waals surface area contributed by atoms with E-state index in [-0.39, 0.29) is 5.91 Å². The second-order valence-electron chi connectivity index (χ2n) is 6.13. The molecule has 0 unspecified atom stereocenters. The van der Waals surface area contributed by atoms with Gasteiger partial charge in [-0.3, -0.25) is 9.69 Å². The molecule has 1 aromatic rings. The van der Waals surface area contributed by atoms with Gasteiger partial charge in [-0.1, -0.05) is 12.1 Å². The number of piperazine rings is 1. The summed E-state index contributed by atoms with van der Waals surface area (Å²) < 4.78 is 5.20. The van der Waals surface area contributed by atoms with Crippen LogP contribution in [0.25, 0.3) is 0 Å². The lowest BCUT2D eigenvalue weighted by atomic mass is 10.3. The Morgan fingerprint density at radius 2 is 2.00 bits per heavy atom. The molecule has 0 bridgehead atoms. The number of rotatable bonds is 7. The maximum Gasteiger partial charge on any atom is 0.234 e. The fraction of sp³-hybridized carbons (Fsp3) is 0.800. The van der Waals surface area contributed by atoms with Gasteiger partial charge in [0.05, 0.1) is 6.54 Å². The monoisotopic (exact) mass is 307 g/mol. The van der Waals surface area contributed by atoms with Gasteiger partial charge in [-0.05, 0) is 19.4 Å². The number of carbonyl (C=O) groups is 1. The summed E-state index contributed by atoms with van der Waals surface area (Å²) in [7, 11) is 0. The van der Waals surface area contributed by atoms with Crippen molar-refractivity contribution in [3.63, 3.8) is 0 Å². The van der Waals surface area contributed by atoms with E-state index in [1.165, 1.54) is 0 Å². The summed E-state index contributed by atoms with van der Waals surface area (Å²) in [5.74, 6) is 2.02. The zero-order valence-corrected chi connectivity index (χ0v) is 13.3. The quantitative estimate of drug-likeness (QED) is 0.778. The summed E-state index contributed by atoms with van der Waals surface area (Å²) in [6.07, 6.45) is 2.94. The van der Waals surface area contributed by atoms with E-state index in [1.807, 2.05) is 0 Å². The summed E-state index contributed by atoms with van der Waals surface area (Å²) >= 11 is 0. The molecule has 1 saturated heterocycles. The Labute approximate surface area is 131 Å². The molecule has 0 spiro atoms. The lowest BCUT2D eigenvalue weighted by molar-refractivity contribution is -0.122. The fourth-order valence-electron chi connectivity index (χ4n) is 2.70. The van der Waals surface area contributed by atoms with Gasteiger partial charge in [-0.2, -0.15) is 4.98 Å². The van der Waals surface area contributed by atoms with Crippen molar-refractivity contribution in [3.05, 3.63) is 11.7 Å². The first-order valence-electron chi connectivity index (χ1n) is 8.28. The standard InChI is InChI=1S/C15H25N5O2/c1-2-19-7-9-20(10-8-19)11-14(21)16-6-5-13-17-15(22-18-13)12-3-4-12/h12H,2-11H2,1H3,(H,16,21). The van der Waals surface area contributed by atoms with Crippen LogP contribution in [0.4, 0.5) is 0 Å². The van der Waals surface area contributed by atoms with Gasteiger partial charge in [0.2, 0.25) is 11.8 Å². The molecule has 1 amide bonds. The third kappa shape index (κ3) is 4.27. The second-order valence-corrected chi connectivity index (χ2v) is 6.13. The maximum atomic E-state index is 11.9. The van der Waals surface area contributed by atoms with Gasteiger partial charge < -0.3 is 14.7 Å². The van der Waals surface area contributed by atoms with E-state index in [0.29, 0.717) is 31.3 Å². The zero-order valence-electron chi connectivity index (χ0n) is 13.3. The first-order valence-corrected chi connectivity index (χ1v) is 8.28. The lowest BCUT2D eigenvalue weighted by Crippen LogP contribution is -2.49. The number of likely N-dealkylation sites (N-methyl/N-ethyl adjacent to an activating group) is 1. The highest BCUT2D eigenvalue weighted by Crippen LogP contribution is 2.38. The molecule has 2 fully saturated rings. The molecule has 1 N–H and O–H groups in total. The summed E-state index contributed by atoms with van der Waals surface area (Å²) in [5.41, 5.74) is 0. The van der Waals surface area contributed by atoms with Gasteiger partial charge >= 0.3 is 0 Å². The number of carbonyl (C=O) groups excluding carboxylic acids is 1. The number of hydrogen-bond donors (Lipinski definition) is 1. The van der Waals surface area contributed by atoms with E-state index in [9.17, 15) is 4.79 Å². The highest BCUT2D eigenvalue weighted by molar-refractivity contribution is 5.78. The number of amides is 1. The first-order chi connectivity index (χ1) is 10.7. The van der Waals surface area contributed by atoms with E-state index in [0.717, 1.165) is 51.5 Å². The number of hydrogen-bond acceptors (Lipinski definition) is 6. The average Bonchev–Trinajstić information content (AvgIpc) is 3.28. The van der Waals surface area contributed by atoms with Crippen molar-refractivity contribution in [1.29, 1.82) is 0 Å². The molecule has 1 saturated carbocycles. The SMILES string of the molecule is CCN1CCN(CC(=O)NCCc2noc(C3CC3)n2)CC1. The molecule has 122 valence electrons. The van der Waals surface area contributed by atoms with Crippen LogP contribution in [-0.2, 0) is 11.2 Å². The van der Waals surface area contributed by atoms with Crippen molar-refractivity contribution in [2.45, 2.75) is 32.1 Å². The molecule has 1 aromatic heterocycles. The minimum absolute atomic E-state index is 0.0795. The largest absolute Gasteiger partial charge is 0.355 e. The van der Waals surface area contributed by atoms with Crippen molar-refractivity contribution < 1.29 is 9.32 Å². The van der Waals surface area contributed by atoms with Gasteiger partial charge in [-0.25, -0.2) is 0 Å². The van der Waals surface area contributed by atoms with Crippen LogP contribution in [0, 0.1) is 0 Å². The minimum Gasteiger partial charge on any atom is -0.355 e. The third-order valence-corrected chi connectivity index (χ3v) is 4.36. The van der Waals surface area contributed by atoms with Gasteiger partial charge in [-0.15, -0.1) is 0 Å². The molecule has 3 rings (SSSR count). The number of aromatic nitrogens is 2. The highest BCUT2D eigenvalue weighted by atomic mass is 16.5. The van der Waals surface area contributed by atoms with E-state index in [2.05, 4.69) is 32.2 Å². The Balaban J connectivity index is 1.32. The highest BCUT2D eigenvalue weighted by Gasteiger charge is 2.29. The Hall–Kier alpha value is -1.47. The molecule has 2 aliphatic rings. The first kappa shape index (κ1) is 15.4. The predicted octanol–water partition coefficient (Wildman–Crippen LogP) is 0.243. The zero-order chi connectivity index (χ0) is 15.4. The van der Waals surface area contributed by atoms with Gasteiger partial charge in [0.15, 0.2) is 5.82 Å². The maximum absolute atomic E-state index is 11.9. The van der Waals surface area contributed by atoms with Crippen molar-refractivity contribution >= 4 is 5.91 Å². The Kier molecular flexibility index (Phi) is 5.04. The summed E-state index contributed by atoms with van der Waals surface area (Å²) in [6, 6.07) is 0. The molecule has 2 heterocycles. The minimum atomic E-state index is 0.0795. The van der Waals surface area contributed by atoms with Crippen LogP contribution in [0.5, 0.6) is 0 Å². The molecular weight excluding hydrogens is 282 g/mol. The average molecular weight is 307 g/mol. The fourth-order valence-corrected chi connectivity index (χ4v) is 2.70. The van der Waals surface area contributed by atoms with Crippen LogP contribution in [0.2, 0.25) is 0 Å². The molecule has 7 heteroatoms. The molecular formula is C15H25N5O2. The van der Waals surface area contributed by atoms with Gasteiger partial charge in [0.1, 0.15) is 0 Å². The van der Waals surface area contributed by atoms with E-state index in [4.69, 9.17) is 4.52 Å². The van der Waals surface area contributed by atoms with Crippen LogP contribution in [0.3, 0.4) is 0 Å². The normalized spacial score (nSPS) is 20.2. The number of nitrogens with one attached hydrogen (secondary N) is 1. The van der Waals surface area contributed by atoms with E-state index in [1.54, 1.807) is 0 Å². The van der Waals surface area contributed by atoms with E-state index < -0.39 is 0 Å². The van der Waals surface area contributed by atoms with Crippen molar-refractivity contribution in [1.82, 2.24) is 25.3 Å². The molecule has 22 heavy (non-hydrogen) atoms. The summed E-state index contributed by atoms with van der Waals surface area (Å²) in [5, 5.41) is 6.90. The molecule has 0 aromatic carbocycles. The summed E-state index contributed by atoms with van der Waals surface area (Å²) in [6.45, 7) is 8.36. The molecule has 0 atom stereocenters. The summed E-state index contributed by atoms with van der Waals surface area (Å²) in [4.78, 5) is 20.9. The van der Waals surface area contributed by atoms with Crippen LogP contribution < -0.4 is 5.32 Å². The van der Waals surface area contributed by atoms with Crippen LogP contribution in [0.15, 0.2) is 4.52 Å². The smallest absolute Gasteiger partial charge is 0.234 e.